The molecule has 0 aromatic heterocycles. The van der Waals surface area contributed by atoms with E-state index in [1.807, 2.05) is 0 Å². The van der Waals surface area contributed by atoms with E-state index in [2.05, 4.69) is 5.32 Å². The number of carbonyl (C=O) groups is 1. The van der Waals surface area contributed by atoms with Crippen molar-refractivity contribution in [2.45, 2.75) is 18.4 Å². The van der Waals surface area contributed by atoms with Gasteiger partial charge in [-0.1, -0.05) is 23.7 Å². The van der Waals surface area contributed by atoms with Gasteiger partial charge in [0.25, 0.3) is 0 Å². The fourth-order valence-corrected chi connectivity index (χ4v) is 3.31. The number of carbonyl (C=O) groups excluding carboxylic acids is 1. The van der Waals surface area contributed by atoms with Gasteiger partial charge in [-0.25, -0.2) is 8.42 Å². The second kappa shape index (κ2) is 7.12. The Labute approximate surface area is 140 Å². The van der Waals surface area contributed by atoms with Crippen molar-refractivity contribution in [1.29, 1.82) is 0 Å². The van der Waals surface area contributed by atoms with E-state index >= 15 is 0 Å². The zero-order valence-electron chi connectivity index (χ0n) is 12.8. The quantitative estimate of drug-likeness (QED) is 0.899. The number of anilines is 1. The number of nitrogens with zero attached hydrogens (tertiary/aromatic N) is 1. The summed E-state index contributed by atoms with van der Waals surface area (Å²) in [7, 11) is -2.09. The molecule has 0 atom stereocenters. The maximum atomic E-state index is 12.5. The highest BCUT2D eigenvalue weighted by molar-refractivity contribution is 7.89. The molecular formula is C16H17ClN2O3S. The molecule has 0 radical (unpaired) electrons. The number of sulfonamides is 1. The first kappa shape index (κ1) is 17.5. The molecule has 0 spiro atoms. The second-order valence-corrected chi connectivity index (χ2v) is 7.57. The zero-order chi connectivity index (χ0) is 17.0. The Balaban J connectivity index is 2.16. The van der Waals surface area contributed by atoms with Crippen molar-refractivity contribution in [2.75, 3.05) is 12.4 Å². The molecule has 0 saturated heterocycles. The molecule has 0 unspecified atom stereocenters. The van der Waals surface area contributed by atoms with Crippen LogP contribution in [0.2, 0.25) is 5.02 Å². The van der Waals surface area contributed by atoms with Crippen molar-refractivity contribution < 1.29 is 13.2 Å². The monoisotopic (exact) mass is 352 g/mol. The number of hydrogen-bond donors (Lipinski definition) is 1. The Hall–Kier alpha value is -1.89. The first-order valence-corrected chi connectivity index (χ1v) is 8.69. The van der Waals surface area contributed by atoms with Gasteiger partial charge >= 0.3 is 0 Å². The molecule has 2 aromatic rings. The molecule has 2 aromatic carbocycles. The van der Waals surface area contributed by atoms with Crippen LogP contribution in [0.15, 0.2) is 53.4 Å². The minimum atomic E-state index is -3.60. The fraction of sp³-hybridized carbons (Fsp3) is 0.188. The summed E-state index contributed by atoms with van der Waals surface area (Å²) >= 11 is 5.82. The molecule has 0 aliphatic rings. The lowest BCUT2D eigenvalue weighted by Crippen LogP contribution is -2.26. The molecule has 23 heavy (non-hydrogen) atoms. The van der Waals surface area contributed by atoms with Gasteiger partial charge < -0.3 is 5.32 Å². The van der Waals surface area contributed by atoms with E-state index in [9.17, 15) is 13.2 Å². The number of amides is 1. The summed E-state index contributed by atoms with van der Waals surface area (Å²) in [5.41, 5.74) is 1.40. The third kappa shape index (κ3) is 4.54. The van der Waals surface area contributed by atoms with E-state index in [0.29, 0.717) is 10.7 Å². The summed E-state index contributed by atoms with van der Waals surface area (Å²) in [6.07, 6.45) is 0. The van der Waals surface area contributed by atoms with E-state index in [0.717, 1.165) is 5.56 Å². The molecule has 0 heterocycles. The van der Waals surface area contributed by atoms with Gasteiger partial charge in [-0.3, -0.25) is 4.79 Å². The average Bonchev–Trinajstić information content (AvgIpc) is 2.49. The lowest BCUT2D eigenvalue weighted by Gasteiger charge is -2.17. The Morgan fingerprint density at radius 2 is 1.65 bits per heavy atom. The summed E-state index contributed by atoms with van der Waals surface area (Å²) in [5.74, 6) is -0.208. The molecule has 7 heteroatoms. The van der Waals surface area contributed by atoms with Gasteiger partial charge in [0.15, 0.2) is 0 Å². The Morgan fingerprint density at radius 1 is 1.09 bits per heavy atom. The maximum Gasteiger partial charge on any atom is 0.243 e. The van der Waals surface area contributed by atoms with Crippen LogP contribution in [0.5, 0.6) is 0 Å². The summed E-state index contributed by atoms with van der Waals surface area (Å²) in [6.45, 7) is 1.64. The van der Waals surface area contributed by atoms with Crippen molar-refractivity contribution in [3.8, 4) is 0 Å². The van der Waals surface area contributed by atoms with Crippen molar-refractivity contribution >= 4 is 33.2 Å². The number of halogens is 1. The third-order valence-electron chi connectivity index (χ3n) is 3.20. The Bertz CT molecular complexity index is 787. The van der Waals surface area contributed by atoms with Crippen LogP contribution in [0.1, 0.15) is 12.5 Å². The normalized spacial score (nSPS) is 11.5. The second-order valence-electron chi connectivity index (χ2n) is 5.09. The largest absolute Gasteiger partial charge is 0.326 e. The summed E-state index contributed by atoms with van der Waals surface area (Å²) < 4.78 is 26.4. The average molecular weight is 353 g/mol. The summed E-state index contributed by atoms with van der Waals surface area (Å²) in [6, 6.07) is 13.1. The van der Waals surface area contributed by atoms with Gasteiger partial charge in [-0.15, -0.1) is 0 Å². The third-order valence-corrected chi connectivity index (χ3v) is 5.27. The highest BCUT2D eigenvalue weighted by atomic mass is 35.5. The van der Waals surface area contributed by atoms with Crippen LogP contribution in [0.4, 0.5) is 5.69 Å². The Kier molecular flexibility index (Phi) is 5.41. The van der Waals surface area contributed by atoms with Crippen LogP contribution in [-0.2, 0) is 21.4 Å². The summed E-state index contributed by atoms with van der Waals surface area (Å²) in [5, 5.41) is 3.20. The molecule has 0 aliphatic heterocycles. The van der Waals surface area contributed by atoms with E-state index < -0.39 is 10.0 Å². The highest BCUT2D eigenvalue weighted by Crippen LogP contribution is 2.20. The first-order chi connectivity index (χ1) is 10.8. The van der Waals surface area contributed by atoms with E-state index in [4.69, 9.17) is 11.6 Å². The summed E-state index contributed by atoms with van der Waals surface area (Å²) in [4.78, 5) is 11.2. The molecular weight excluding hydrogens is 336 g/mol. The van der Waals surface area contributed by atoms with Crippen LogP contribution in [0.3, 0.4) is 0 Å². The zero-order valence-corrected chi connectivity index (χ0v) is 14.4. The highest BCUT2D eigenvalue weighted by Gasteiger charge is 2.20. The lowest BCUT2D eigenvalue weighted by atomic mass is 10.2. The minimum absolute atomic E-state index is 0.170. The van der Waals surface area contributed by atoms with Gasteiger partial charge in [0.1, 0.15) is 0 Å². The lowest BCUT2D eigenvalue weighted by molar-refractivity contribution is -0.114. The maximum absolute atomic E-state index is 12.5. The van der Waals surface area contributed by atoms with Crippen LogP contribution in [-0.4, -0.2) is 25.7 Å². The van der Waals surface area contributed by atoms with Crippen molar-refractivity contribution in [2.24, 2.45) is 0 Å². The molecule has 122 valence electrons. The van der Waals surface area contributed by atoms with Gasteiger partial charge in [0, 0.05) is 31.2 Å². The van der Waals surface area contributed by atoms with Gasteiger partial charge in [0.05, 0.1) is 4.90 Å². The SMILES string of the molecule is CC(=O)Nc1ccc(S(=O)(=O)N(C)Cc2ccc(Cl)cc2)cc1. The van der Waals surface area contributed by atoms with Crippen molar-refractivity contribution in [1.82, 2.24) is 4.31 Å². The molecule has 2 rings (SSSR count). The number of benzene rings is 2. The van der Waals surface area contributed by atoms with Gasteiger partial charge in [0.2, 0.25) is 15.9 Å². The van der Waals surface area contributed by atoms with Gasteiger partial charge in [-0.05, 0) is 42.0 Å². The van der Waals surface area contributed by atoms with E-state index in [1.165, 1.54) is 30.4 Å². The minimum Gasteiger partial charge on any atom is -0.326 e. The number of hydrogen-bond acceptors (Lipinski definition) is 3. The molecule has 0 aliphatic carbocycles. The van der Waals surface area contributed by atoms with Crippen LogP contribution < -0.4 is 5.32 Å². The molecule has 0 fully saturated rings. The van der Waals surface area contributed by atoms with E-state index in [-0.39, 0.29) is 17.3 Å². The molecule has 0 saturated carbocycles. The predicted molar refractivity (Wildman–Crippen MR) is 90.9 cm³/mol. The molecule has 0 bridgehead atoms. The Morgan fingerprint density at radius 3 is 2.17 bits per heavy atom. The van der Waals surface area contributed by atoms with Gasteiger partial charge in [-0.2, -0.15) is 4.31 Å². The molecule has 1 amide bonds. The smallest absolute Gasteiger partial charge is 0.243 e. The van der Waals surface area contributed by atoms with Crippen LogP contribution in [0, 0.1) is 0 Å². The molecule has 5 nitrogen and oxygen atoms in total. The van der Waals surface area contributed by atoms with E-state index in [1.54, 1.807) is 36.4 Å². The van der Waals surface area contributed by atoms with Crippen LogP contribution >= 0.6 is 11.6 Å². The molecule has 1 N–H and O–H groups in total. The first-order valence-electron chi connectivity index (χ1n) is 6.87. The van der Waals surface area contributed by atoms with Crippen molar-refractivity contribution in [3.05, 3.63) is 59.1 Å². The fourth-order valence-electron chi connectivity index (χ4n) is 2.03. The number of nitrogens with one attached hydrogen (secondary N) is 1. The standard InChI is InChI=1S/C16H17ClN2O3S/c1-12(20)18-15-7-9-16(10-8-15)23(21,22)19(2)11-13-3-5-14(17)6-4-13/h3-10H,11H2,1-2H3,(H,18,20). The predicted octanol–water partition coefficient (Wildman–Crippen LogP) is 3.12. The van der Waals surface area contributed by atoms with Crippen molar-refractivity contribution in [3.63, 3.8) is 0 Å². The number of rotatable bonds is 5. The topological polar surface area (TPSA) is 66.5 Å². The van der Waals surface area contributed by atoms with Crippen LogP contribution in [0.25, 0.3) is 0 Å².